The maximum absolute atomic E-state index is 12.3. The van der Waals surface area contributed by atoms with E-state index in [9.17, 15) is 13.2 Å². The van der Waals surface area contributed by atoms with Crippen molar-refractivity contribution in [1.29, 1.82) is 0 Å². The zero-order valence-corrected chi connectivity index (χ0v) is 13.2. The van der Waals surface area contributed by atoms with E-state index in [1.54, 1.807) is 12.1 Å². The number of carboxylic acid groups (broad SMARTS) is 1. The van der Waals surface area contributed by atoms with Gasteiger partial charge in [-0.1, -0.05) is 30.3 Å². The normalized spacial score (nSPS) is 11.3. The van der Waals surface area contributed by atoms with Gasteiger partial charge < -0.3 is 5.11 Å². The third kappa shape index (κ3) is 3.90. The summed E-state index contributed by atoms with van der Waals surface area (Å²) in [5, 5.41) is 8.94. The molecule has 2 rings (SSSR count). The van der Waals surface area contributed by atoms with E-state index in [2.05, 4.69) is 20.7 Å². The second-order valence-electron chi connectivity index (χ2n) is 4.26. The fourth-order valence-electron chi connectivity index (χ4n) is 1.69. The van der Waals surface area contributed by atoms with E-state index in [0.29, 0.717) is 4.47 Å². The van der Waals surface area contributed by atoms with E-state index >= 15 is 0 Å². The fourth-order valence-corrected chi connectivity index (χ4v) is 3.70. The molecular formula is C14H12BrNO4S. The highest BCUT2D eigenvalue weighted by Crippen LogP contribution is 2.23. The Morgan fingerprint density at radius 1 is 1.14 bits per heavy atom. The van der Waals surface area contributed by atoms with Gasteiger partial charge in [0.25, 0.3) is 0 Å². The van der Waals surface area contributed by atoms with Crippen LogP contribution in [0.5, 0.6) is 0 Å². The van der Waals surface area contributed by atoms with Crippen molar-refractivity contribution in [2.24, 2.45) is 0 Å². The van der Waals surface area contributed by atoms with Crippen LogP contribution in [-0.4, -0.2) is 19.5 Å². The number of nitrogens with one attached hydrogen (secondary N) is 1. The van der Waals surface area contributed by atoms with Crippen molar-refractivity contribution >= 4 is 31.9 Å². The van der Waals surface area contributed by atoms with Crippen LogP contribution in [0.25, 0.3) is 0 Å². The molecule has 0 aliphatic rings. The highest BCUT2D eigenvalue weighted by Gasteiger charge is 2.19. The molecule has 2 aromatic carbocycles. The van der Waals surface area contributed by atoms with Crippen molar-refractivity contribution in [3.63, 3.8) is 0 Å². The van der Waals surface area contributed by atoms with E-state index in [0.717, 1.165) is 11.6 Å². The summed E-state index contributed by atoms with van der Waals surface area (Å²) in [6.45, 7) is 0.132. The second kappa shape index (κ2) is 6.38. The lowest BCUT2D eigenvalue weighted by atomic mass is 10.2. The molecule has 0 atom stereocenters. The van der Waals surface area contributed by atoms with E-state index in [1.165, 1.54) is 12.1 Å². The summed E-state index contributed by atoms with van der Waals surface area (Å²) in [4.78, 5) is 10.8. The molecule has 0 unspecified atom stereocenters. The molecule has 0 heterocycles. The Labute approximate surface area is 130 Å². The standard InChI is InChI=1S/C14H12BrNO4S/c15-12-7-6-11(14(17)18)8-13(12)21(19,20)16-9-10-4-2-1-3-5-10/h1-8,16H,9H2,(H,17,18). The van der Waals surface area contributed by atoms with Crippen LogP contribution in [0, 0.1) is 0 Å². The number of hydrogen-bond acceptors (Lipinski definition) is 3. The number of sulfonamides is 1. The Kier molecular flexibility index (Phi) is 4.76. The summed E-state index contributed by atoms with van der Waals surface area (Å²) in [5.74, 6) is -1.18. The third-order valence-corrected chi connectivity index (χ3v) is 5.17. The molecule has 0 fully saturated rings. The average Bonchev–Trinajstić information content (AvgIpc) is 2.46. The van der Waals surface area contributed by atoms with Crippen molar-refractivity contribution in [3.05, 3.63) is 64.1 Å². The van der Waals surface area contributed by atoms with Crippen molar-refractivity contribution in [2.75, 3.05) is 0 Å². The van der Waals surface area contributed by atoms with Crippen LogP contribution in [0.1, 0.15) is 15.9 Å². The molecule has 0 spiro atoms. The largest absolute Gasteiger partial charge is 0.478 e. The molecule has 21 heavy (non-hydrogen) atoms. The molecule has 2 aromatic rings. The molecule has 0 aromatic heterocycles. The number of rotatable bonds is 5. The van der Waals surface area contributed by atoms with Crippen LogP contribution in [0.4, 0.5) is 0 Å². The van der Waals surface area contributed by atoms with Gasteiger partial charge in [-0.25, -0.2) is 17.9 Å². The third-order valence-electron chi connectivity index (χ3n) is 2.78. The monoisotopic (exact) mass is 369 g/mol. The maximum atomic E-state index is 12.3. The lowest BCUT2D eigenvalue weighted by Gasteiger charge is -2.09. The number of aromatic carboxylic acids is 1. The van der Waals surface area contributed by atoms with Gasteiger partial charge in [0.15, 0.2) is 0 Å². The highest BCUT2D eigenvalue weighted by molar-refractivity contribution is 9.10. The van der Waals surface area contributed by atoms with E-state index < -0.39 is 16.0 Å². The summed E-state index contributed by atoms with van der Waals surface area (Å²) in [6.07, 6.45) is 0. The van der Waals surface area contributed by atoms with Crippen LogP contribution in [0.3, 0.4) is 0 Å². The molecule has 0 bridgehead atoms. The SMILES string of the molecule is O=C(O)c1ccc(Br)c(S(=O)(=O)NCc2ccccc2)c1. The zero-order valence-electron chi connectivity index (χ0n) is 10.8. The van der Waals surface area contributed by atoms with E-state index in [-0.39, 0.29) is 17.0 Å². The number of halogens is 1. The molecule has 0 aliphatic carbocycles. The minimum atomic E-state index is -3.81. The molecule has 0 amide bonds. The second-order valence-corrected chi connectivity index (χ2v) is 6.85. The van der Waals surface area contributed by atoms with Crippen LogP contribution in [0.15, 0.2) is 57.9 Å². The topological polar surface area (TPSA) is 83.5 Å². The first kappa shape index (κ1) is 15.7. The quantitative estimate of drug-likeness (QED) is 0.848. The van der Waals surface area contributed by atoms with Crippen molar-refractivity contribution in [3.8, 4) is 0 Å². The fraction of sp³-hybridized carbons (Fsp3) is 0.0714. The van der Waals surface area contributed by atoms with Gasteiger partial charge >= 0.3 is 5.97 Å². The average molecular weight is 370 g/mol. The van der Waals surface area contributed by atoms with Crippen LogP contribution in [-0.2, 0) is 16.6 Å². The van der Waals surface area contributed by atoms with Crippen molar-refractivity contribution < 1.29 is 18.3 Å². The van der Waals surface area contributed by atoms with Gasteiger partial charge in [0.05, 0.1) is 10.5 Å². The number of benzene rings is 2. The van der Waals surface area contributed by atoms with Gasteiger partial charge in [-0.05, 0) is 39.7 Å². The number of carboxylic acids is 1. The molecule has 2 N–H and O–H groups in total. The first-order valence-corrected chi connectivity index (χ1v) is 8.24. The van der Waals surface area contributed by atoms with E-state index in [4.69, 9.17) is 5.11 Å². The Bertz CT molecular complexity index is 760. The Morgan fingerprint density at radius 3 is 2.43 bits per heavy atom. The summed E-state index contributed by atoms with van der Waals surface area (Å²) in [7, 11) is -3.81. The molecule has 0 radical (unpaired) electrons. The number of hydrogen-bond donors (Lipinski definition) is 2. The van der Waals surface area contributed by atoms with Gasteiger partial charge in [-0.3, -0.25) is 0 Å². The van der Waals surface area contributed by atoms with Crippen molar-refractivity contribution in [1.82, 2.24) is 4.72 Å². The van der Waals surface area contributed by atoms with Crippen LogP contribution >= 0.6 is 15.9 Å². The minimum absolute atomic E-state index is 0.0849. The summed E-state index contributed by atoms with van der Waals surface area (Å²) < 4.78 is 27.3. The zero-order chi connectivity index (χ0) is 15.5. The molecule has 0 aliphatic heterocycles. The maximum Gasteiger partial charge on any atom is 0.335 e. The predicted octanol–water partition coefficient (Wildman–Crippen LogP) is 2.63. The van der Waals surface area contributed by atoms with Crippen molar-refractivity contribution in [2.45, 2.75) is 11.4 Å². The summed E-state index contributed by atoms with van der Waals surface area (Å²) in [6, 6.07) is 12.9. The molecule has 5 nitrogen and oxygen atoms in total. The predicted molar refractivity (Wildman–Crippen MR) is 81.6 cm³/mol. The first-order chi connectivity index (χ1) is 9.90. The first-order valence-electron chi connectivity index (χ1n) is 5.96. The van der Waals surface area contributed by atoms with Gasteiger partial charge in [0.2, 0.25) is 10.0 Å². The van der Waals surface area contributed by atoms with Gasteiger partial charge in [-0.2, -0.15) is 0 Å². The molecule has 7 heteroatoms. The lowest BCUT2D eigenvalue weighted by molar-refractivity contribution is 0.0696. The minimum Gasteiger partial charge on any atom is -0.478 e. The molecular weight excluding hydrogens is 358 g/mol. The molecule has 0 saturated heterocycles. The van der Waals surface area contributed by atoms with Gasteiger partial charge in [0.1, 0.15) is 0 Å². The van der Waals surface area contributed by atoms with Gasteiger partial charge in [-0.15, -0.1) is 0 Å². The lowest BCUT2D eigenvalue weighted by Crippen LogP contribution is -2.24. The Hall–Kier alpha value is -1.70. The molecule has 0 saturated carbocycles. The summed E-state index contributed by atoms with van der Waals surface area (Å²) in [5.41, 5.74) is 0.727. The number of carbonyl (C=O) groups is 1. The van der Waals surface area contributed by atoms with Crippen LogP contribution < -0.4 is 4.72 Å². The van der Waals surface area contributed by atoms with Gasteiger partial charge in [0, 0.05) is 11.0 Å². The Balaban J connectivity index is 2.27. The smallest absolute Gasteiger partial charge is 0.335 e. The summed E-state index contributed by atoms with van der Waals surface area (Å²) >= 11 is 3.13. The van der Waals surface area contributed by atoms with Crippen LogP contribution in [0.2, 0.25) is 0 Å². The van der Waals surface area contributed by atoms with E-state index in [1.807, 2.05) is 18.2 Å². The highest BCUT2D eigenvalue weighted by atomic mass is 79.9. The Morgan fingerprint density at radius 2 is 1.81 bits per heavy atom. The molecule has 110 valence electrons.